The molecule has 3 heterocycles. The fourth-order valence-corrected chi connectivity index (χ4v) is 3.32. The average Bonchev–Trinajstić information content (AvgIpc) is 2.90. The third-order valence-corrected chi connectivity index (χ3v) is 4.57. The first-order valence-corrected chi connectivity index (χ1v) is 8.28. The predicted octanol–water partition coefficient (Wildman–Crippen LogP) is 2.29. The minimum absolute atomic E-state index is 0.206. The van der Waals surface area contributed by atoms with E-state index in [0.717, 1.165) is 0 Å². The van der Waals surface area contributed by atoms with E-state index in [1.54, 1.807) is 38.2 Å². The number of hydrogen-bond acceptors (Lipinski definition) is 5. The number of nitrogens with one attached hydrogen (secondary N) is 2. The Morgan fingerprint density at radius 3 is 2.70 bits per heavy atom. The van der Waals surface area contributed by atoms with Gasteiger partial charge < -0.3 is 10.6 Å². The second-order valence-electron chi connectivity index (χ2n) is 6.54. The number of carbonyl (C=O) groups is 1. The Hall–Kier alpha value is -3.55. The van der Waals surface area contributed by atoms with E-state index in [1.807, 2.05) is 0 Å². The van der Waals surface area contributed by atoms with Crippen LogP contribution in [0.1, 0.15) is 28.5 Å². The highest BCUT2D eigenvalue weighted by Gasteiger charge is 2.41. The second kappa shape index (κ2) is 6.01. The quantitative estimate of drug-likeness (QED) is 0.743. The number of nitrogens with zero attached hydrogens (tertiary/aromatic N) is 3. The van der Waals surface area contributed by atoms with Crippen LogP contribution in [0.25, 0.3) is 0 Å². The number of fused-ring (bicyclic) bond motifs is 1. The summed E-state index contributed by atoms with van der Waals surface area (Å²) < 4.78 is 15.3. The van der Waals surface area contributed by atoms with Gasteiger partial charge in [-0.25, -0.2) is 14.4 Å². The fraction of sp³-hybridized carbons (Fsp3) is 0.158. The molecular formula is C19H16FN5O2. The van der Waals surface area contributed by atoms with Gasteiger partial charge in [-0.15, -0.1) is 0 Å². The van der Waals surface area contributed by atoms with Crippen LogP contribution >= 0.6 is 0 Å². The van der Waals surface area contributed by atoms with Crippen molar-refractivity contribution in [2.75, 3.05) is 5.32 Å². The maximum absolute atomic E-state index is 14.0. The van der Waals surface area contributed by atoms with Gasteiger partial charge in [0.2, 0.25) is 0 Å². The molecule has 1 aromatic carbocycles. The van der Waals surface area contributed by atoms with E-state index in [-0.39, 0.29) is 11.4 Å². The van der Waals surface area contributed by atoms with E-state index < -0.39 is 22.9 Å². The molecule has 3 aromatic rings. The molecule has 1 unspecified atom stereocenters. The molecule has 8 heteroatoms. The SMILES string of the molecule is Cc1cc(F)cc(C2(C)NC(=O)c3ccc(Nc4ccncn4)c(=O)n32)c1. The molecule has 136 valence electrons. The van der Waals surface area contributed by atoms with Crippen LogP contribution in [-0.2, 0) is 5.66 Å². The van der Waals surface area contributed by atoms with Crippen LogP contribution < -0.4 is 16.2 Å². The van der Waals surface area contributed by atoms with Crippen molar-refractivity contribution in [1.82, 2.24) is 19.9 Å². The van der Waals surface area contributed by atoms with Crippen molar-refractivity contribution in [3.63, 3.8) is 0 Å². The average molecular weight is 365 g/mol. The van der Waals surface area contributed by atoms with Gasteiger partial charge in [-0.05, 0) is 49.7 Å². The predicted molar refractivity (Wildman–Crippen MR) is 97.4 cm³/mol. The fourth-order valence-electron chi connectivity index (χ4n) is 3.32. The number of amides is 1. The molecule has 0 saturated heterocycles. The number of halogens is 1. The molecule has 0 spiro atoms. The Morgan fingerprint density at radius 2 is 2.00 bits per heavy atom. The summed E-state index contributed by atoms with van der Waals surface area (Å²) in [7, 11) is 0. The molecule has 1 atom stereocenters. The number of hydrogen-bond donors (Lipinski definition) is 2. The molecule has 0 fully saturated rings. The summed E-state index contributed by atoms with van der Waals surface area (Å²) in [5.41, 5.74) is -0.00912. The number of aryl methyl sites for hydroxylation is 1. The van der Waals surface area contributed by atoms with Crippen LogP contribution in [-0.4, -0.2) is 20.4 Å². The van der Waals surface area contributed by atoms with Gasteiger partial charge in [0.1, 0.15) is 35.0 Å². The summed E-state index contributed by atoms with van der Waals surface area (Å²) in [6, 6.07) is 9.15. The maximum atomic E-state index is 14.0. The van der Waals surface area contributed by atoms with Gasteiger partial charge in [0.25, 0.3) is 11.5 Å². The number of aromatic nitrogens is 3. The van der Waals surface area contributed by atoms with Gasteiger partial charge in [-0.2, -0.15) is 0 Å². The summed E-state index contributed by atoms with van der Waals surface area (Å²) >= 11 is 0. The smallest absolute Gasteiger partial charge is 0.277 e. The van der Waals surface area contributed by atoms with E-state index in [2.05, 4.69) is 20.6 Å². The van der Waals surface area contributed by atoms with Crippen molar-refractivity contribution in [2.45, 2.75) is 19.5 Å². The lowest BCUT2D eigenvalue weighted by atomic mass is 9.99. The molecule has 0 radical (unpaired) electrons. The Kier molecular flexibility index (Phi) is 3.76. The van der Waals surface area contributed by atoms with Gasteiger partial charge in [-0.3, -0.25) is 14.2 Å². The molecule has 2 aromatic heterocycles. The van der Waals surface area contributed by atoms with Crippen LogP contribution in [0.15, 0.2) is 53.7 Å². The summed E-state index contributed by atoms with van der Waals surface area (Å²) in [6.07, 6.45) is 2.91. The van der Waals surface area contributed by atoms with Crippen molar-refractivity contribution in [1.29, 1.82) is 0 Å². The van der Waals surface area contributed by atoms with Gasteiger partial charge >= 0.3 is 0 Å². The molecule has 1 amide bonds. The Bertz CT molecular complexity index is 1090. The topological polar surface area (TPSA) is 88.9 Å². The third-order valence-electron chi connectivity index (χ3n) is 4.57. The van der Waals surface area contributed by atoms with Crippen molar-refractivity contribution in [3.05, 3.63) is 81.9 Å². The summed E-state index contributed by atoms with van der Waals surface area (Å²) in [6.45, 7) is 3.43. The monoisotopic (exact) mass is 365 g/mol. The van der Waals surface area contributed by atoms with Crippen LogP contribution in [0.5, 0.6) is 0 Å². The molecule has 4 rings (SSSR count). The highest BCUT2D eigenvalue weighted by atomic mass is 19.1. The van der Waals surface area contributed by atoms with E-state index >= 15 is 0 Å². The molecule has 0 bridgehead atoms. The largest absolute Gasteiger partial charge is 0.336 e. The number of carbonyl (C=O) groups excluding carboxylic acids is 1. The van der Waals surface area contributed by atoms with Gasteiger partial charge in [0, 0.05) is 11.8 Å². The van der Waals surface area contributed by atoms with Crippen LogP contribution in [0.3, 0.4) is 0 Å². The van der Waals surface area contributed by atoms with Gasteiger partial charge in [-0.1, -0.05) is 6.07 Å². The van der Waals surface area contributed by atoms with Crippen molar-refractivity contribution in [2.24, 2.45) is 0 Å². The zero-order valence-corrected chi connectivity index (χ0v) is 14.7. The molecule has 27 heavy (non-hydrogen) atoms. The molecule has 2 N–H and O–H groups in total. The summed E-state index contributed by atoms with van der Waals surface area (Å²) in [5, 5.41) is 5.73. The molecule has 1 aliphatic rings. The van der Waals surface area contributed by atoms with Gasteiger partial charge in [0.15, 0.2) is 0 Å². The van der Waals surface area contributed by atoms with E-state index in [9.17, 15) is 14.0 Å². The molecule has 0 aliphatic carbocycles. The molecular weight excluding hydrogens is 349 g/mol. The van der Waals surface area contributed by atoms with Crippen molar-refractivity contribution < 1.29 is 9.18 Å². The number of pyridine rings is 1. The van der Waals surface area contributed by atoms with E-state index in [1.165, 1.54) is 29.1 Å². The Balaban J connectivity index is 1.88. The standard InChI is InChI=1S/C19H16FN5O2/c1-11-7-12(9-13(20)8-11)19(2)24-17(26)15-4-3-14(18(27)25(15)19)23-16-5-6-21-10-22-16/h3-10H,1-2H3,(H,24,26)(H,21,22,23). The zero-order chi connectivity index (χ0) is 19.2. The molecule has 7 nitrogen and oxygen atoms in total. The Labute approximate surface area is 153 Å². The molecule has 1 aliphatic heterocycles. The van der Waals surface area contributed by atoms with E-state index in [0.29, 0.717) is 16.9 Å². The van der Waals surface area contributed by atoms with Crippen LogP contribution in [0.2, 0.25) is 0 Å². The first-order chi connectivity index (χ1) is 12.9. The lowest BCUT2D eigenvalue weighted by Crippen LogP contribution is -2.46. The van der Waals surface area contributed by atoms with Crippen LogP contribution in [0, 0.1) is 12.7 Å². The lowest BCUT2D eigenvalue weighted by Gasteiger charge is -2.28. The maximum Gasteiger partial charge on any atom is 0.277 e. The first-order valence-electron chi connectivity index (χ1n) is 8.28. The zero-order valence-electron chi connectivity index (χ0n) is 14.7. The molecule has 0 saturated carbocycles. The highest BCUT2D eigenvalue weighted by molar-refractivity contribution is 5.96. The van der Waals surface area contributed by atoms with Crippen molar-refractivity contribution in [3.8, 4) is 0 Å². The minimum atomic E-state index is -1.21. The van der Waals surface area contributed by atoms with Crippen LogP contribution in [0.4, 0.5) is 15.9 Å². The summed E-state index contributed by atoms with van der Waals surface area (Å²) in [5.74, 6) is -0.384. The second-order valence-corrected chi connectivity index (χ2v) is 6.54. The van der Waals surface area contributed by atoms with Crippen molar-refractivity contribution >= 4 is 17.4 Å². The number of rotatable bonds is 3. The number of benzene rings is 1. The highest BCUT2D eigenvalue weighted by Crippen LogP contribution is 2.30. The first kappa shape index (κ1) is 16.9. The van der Waals surface area contributed by atoms with E-state index in [4.69, 9.17) is 0 Å². The third kappa shape index (κ3) is 2.75. The van der Waals surface area contributed by atoms with Gasteiger partial charge in [0.05, 0.1) is 0 Å². The normalized spacial score (nSPS) is 18.1. The minimum Gasteiger partial charge on any atom is -0.336 e. The number of anilines is 2. The summed E-state index contributed by atoms with van der Waals surface area (Å²) in [4.78, 5) is 33.5. The lowest BCUT2D eigenvalue weighted by molar-refractivity contribution is 0.0941. The Morgan fingerprint density at radius 1 is 1.19 bits per heavy atom.